The van der Waals surface area contributed by atoms with Gasteiger partial charge in [-0.3, -0.25) is 10.2 Å². The average Bonchev–Trinajstić information content (AvgIpc) is 3.02. The Bertz CT molecular complexity index is 894. The molecule has 0 spiro atoms. The number of hydrogen-bond donors (Lipinski definition) is 2. The maximum absolute atomic E-state index is 11.9. The molecule has 0 radical (unpaired) electrons. The lowest BCUT2D eigenvalue weighted by atomic mass is 10.0. The highest BCUT2D eigenvalue weighted by atomic mass is 16.2. The Morgan fingerprint density at radius 3 is 2.33 bits per heavy atom. The highest BCUT2D eigenvalue weighted by Crippen LogP contribution is 2.28. The van der Waals surface area contributed by atoms with E-state index in [4.69, 9.17) is 5.84 Å². The van der Waals surface area contributed by atoms with Crippen molar-refractivity contribution in [3.8, 4) is 16.9 Å². The lowest BCUT2D eigenvalue weighted by Crippen LogP contribution is -2.30. The molecular weight excluding hydrogens is 300 g/mol. The average molecular weight is 320 g/mol. The third-order valence-corrected chi connectivity index (χ3v) is 4.02. The quantitative estimate of drug-likeness (QED) is 0.442. The minimum atomic E-state index is -0.410. The number of aromatic nitrogens is 2. The van der Waals surface area contributed by atoms with Crippen LogP contribution >= 0.6 is 0 Å². The van der Waals surface area contributed by atoms with E-state index in [0.29, 0.717) is 0 Å². The fourth-order valence-corrected chi connectivity index (χ4v) is 2.65. The third-order valence-electron chi connectivity index (χ3n) is 4.02. The maximum atomic E-state index is 11.9. The molecule has 3 aromatic rings. The molecule has 0 saturated carbocycles. The minimum Gasteiger partial charge on any atom is -0.289 e. The summed E-state index contributed by atoms with van der Waals surface area (Å²) in [5, 5.41) is 4.45. The van der Waals surface area contributed by atoms with Gasteiger partial charge in [-0.2, -0.15) is 5.10 Å². The zero-order valence-electron chi connectivity index (χ0n) is 14.0. The Morgan fingerprint density at radius 2 is 1.67 bits per heavy atom. The van der Waals surface area contributed by atoms with Crippen LogP contribution in [0.5, 0.6) is 0 Å². The van der Waals surface area contributed by atoms with Crippen LogP contribution in [-0.4, -0.2) is 15.7 Å². The van der Waals surface area contributed by atoms with E-state index in [1.807, 2.05) is 45.0 Å². The molecule has 3 rings (SSSR count). The zero-order valence-corrected chi connectivity index (χ0v) is 14.0. The number of carbonyl (C=O) groups excluding carboxylic acids is 1. The van der Waals surface area contributed by atoms with E-state index in [1.54, 1.807) is 10.7 Å². The normalized spacial score (nSPS) is 10.7. The van der Waals surface area contributed by atoms with Gasteiger partial charge < -0.3 is 0 Å². The van der Waals surface area contributed by atoms with Crippen LogP contribution in [0, 0.1) is 20.8 Å². The molecule has 5 nitrogen and oxygen atoms in total. The number of benzene rings is 2. The zero-order chi connectivity index (χ0) is 17.3. The largest absolute Gasteiger partial charge is 0.289 e. The molecule has 0 atom stereocenters. The Labute approximate surface area is 141 Å². The van der Waals surface area contributed by atoms with Crippen molar-refractivity contribution in [2.24, 2.45) is 5.84 Å². The van der Waals surface area contributed by atoms with Crippen molar-refractivity contribution in [1.82, 2.24) is 15.2 Å². The van der Waals surface area contributed by atoms with Gasteiger partial charge in [0.05, 0.1) is 11.4 Å². The van der Waals surface area contributed by atoms with E-state index >= 15 is 0 Å². The van der Waals surface area contributed by atoms with Gasteiger partial charge >= 0.3 is 0 Å². The van der Waals surface area contributed by atoms with Gasteiger partial charge in [0.25, 0.3) is 5.91 Å². The van der Waals surface area contributed by atoms with Gasteiger partial charge in [0.2, 0.25) is 0 Å². The lowest BCUT2D eigenvalue weighted by molar-refractivity contribution is 0.0948. The summed E-state index contributed by atoms with van der Waals surface area (Å²) in [5.41, 5.74) is 8.66. The van der Waals surface area contributed by atoms with Gasteiger partial charge in [0.1, 0.15) is 0 Å². The van der Waals surface area contributed by atoms with Crippen LogP contribution in [0.25, 0.3) is 16.9 Å². The fraction of sp³-hybridized carbons (Fsp3) is 0.158. The second kappa shape index (κ2) is 6.29. The van der Waals surface area contributed by atoms with Crippen molar-refractivity contribution in [1.29, 1.82) is 0 Å². The van der Waals surface area contributed by atoms with Crippen LogP contribution < -0.4 is 11.3 Å². The maximum Gasteiger partial charge on any atom is 0.285 e. The van der Waals surface area contributed by atoms with Crippen molar-refractivity contribution in [3.63, 3.8) is 0 Å². The lowest BCUT2D eigenvalue weighted by Gasteiger charge is -2.11. The van der Waals surface area contributed by atoms with E-state index in [1.165, 1.54) is 5.56 Å². The molecule has 1 heterocycles. The number of hydrazine groups is 1. The van der Waals surface area contributed by atoms with Crippen LogP contribution in [-0.2, 0) is 0 Å². The van der Waals surface area contributed by atoms with E-state index in [-0.39, 0.29) is 5.69 Å². The van der Waals surface area contributed by atoms with Gasteiger partial charge in [-0.05, 0) is 50.6 Å². The SMILES string of the molecule is Cc1ccc(-n2nc(C(=O)NN)cc2-c2cc(C)ccc2C)cc1. The summed E-state index contributed by atoms with van der Waals surface area (Å²) < 4.78 is 1.78. The molecule has 0 saturated heterocycles. The summed E-state index contributed by atoms with van der Waals surface area (Å²) in [6, 6.07) is 16.0. The van der Waals surface area contributed by atoms with Crippen molar-refractivity contribution in [2.45, 2.75) is 20.8 Å². The van der Waals surface area contributed by atoms with E-state index < -0.39 is 5.91 Å². The molecule has 24 heavy (non-hydrogen) atoms. The molecule has 3 N–H and O–H groups in total. The monoisotopic (exact) mass is 320 g/mol. The number of nitrogen functional groups attached to an aromatic ring is 1. The van der Waals surface area contributed by atoms with Crippen molar-refractivity contribution < 1.29 is 4.79 Å². The number of nitrogens with one attached hydrogen (secondary N) is 1. The summed E-state index contributed by atoms with van der Waals surface area (Å²) in [5.74, 6) is 4.86. The van der Waals surface area contributed by atoms with Gasteiger partial charge in [-0.25, -0.2) is 10.5 Å². The summed E-state index contributed by atoms with van der Waals surface area (Å²) in [4.78, 5) is 11.9. The smallest absolute Gasteiger partial charge is 0.285 e. The number of hydrogen-bond acceptors (Lipinski definition) is 3. The fourth-order valence-electron chi connectivity index (χ4n) is 2.65. The minimum absolute atomic E-state index is 0.286. The Hall–Kier alpha value is -2.92. The highest BCUT2D eigenvalue weighted by Gasteiger charge is 2.17. The summed E-state index contributed by atoms with van der Waals surface area (Å²) >= 11 is 0. The highest BCUT2D eigenvalue weighted by molar-refractivity contribution is 5.93. The Kier molecular flexibility index (Phi) is 4.18. The standard InChI is InChI=1S/C19H20N4O/c1-12-5-8-15(9-6-12)23-18(11-17(22-23)19(24)21-20)16-10-13(2)4-7-14(16)3/h4-11H,20H2,1-3H3,(H,21,24). The third kappa shape index (κ3) is 2.94. The molecule has 0 aliphatic heterocycles. The molecule has 0 unspecified atom stereocenters. The molecule has 0 fully saturated rings. The van der Waals surface area contributed by atoms with Crippen molar-refractivity contribution in [2.75, 3.05) is 0 Å². The van der Waals surface area contributed by atoms with Crippen LogP contribution in [0.1, 0.15) is 27.2 Å². The summed E-state index contributed by atoms with van der Waals surface area (Å²) in [7, 11) is 0. The number of nitrogens with zero attached hydrogens (tertiary/aromatic N) is 2. The van der Waals surface area contributed by atoms with Crippen LogP contribution in [0.4, 0.5) is 0 Å². The summed E-state index contributed by atoms with van der Waals surface area (Å²) in [6.45, 7) is 6.12. The van der Waals surface area contributed by atoms with Crippen molar-refractivity contribution >= 4 is 5.91 Å². The molecule has 0 aliphatic carbocycles. The van der Waals surface area contributed by atoms with Crippen LogP contribution in [0.3, 0.4) is 0 Å². The van der Waals surface area contributed by atoms with Crippen LogP contribution in [0.2, 0.25) is 0 Å². The number of rotatable bonds is 3. The first kappa shape index (κ1) is 16.0. The predicted octanol–water partition coefficient (Wildman–Crippen LogP) is 3.07. The molecule has 122 valence electrons. The Morgan fingerprint density at radius 1 is 1.00 bits per heavy atom. The van der Waals surface area contributed by atoms with E-state index in [0.717, 1.165) is 28.1 Å². The second-order valence-corrected chi connectivity index (χ2v) is 5.95. The van der Waals surface area contributed by atoms with Gasteiger partial charge in [0, 0.05) is 5.56 Å². The first-order valence-electron chi connectivity index (χ1n) is 7.75. The number of carbonyl (C=O) groups is 1. The number of nitrogens with two attached hydrogens (primary N) is 1. The molecule has 0 bridgehead atoms. The van der Waals surface area contributed by atoms with Gasteiger partial charge in [-0.15, -0.1) is 0 Å². The summed E-state index contributed by atoms with van der Waals surface area (Å²) in [6.07, 6.45) is 0. The first-order valence-corrected chi connectivity index (χ1v) is 7.75. The second-order valence-electron chi connectivity index (χ2n) is 5.95. The van der Waals surface area contributed by atoms with E-state index in [2.05, 4.69) is 28.7 Å². The number of aryl methyl sites for hydroxylation is 3. The van der Waals surface area contributed by atoms with Crippen LogP contribution in [0.15, 0.2) is 48.5 Å². The Balaban J connectivity index is 2.23. The topological polar surface area (TPSA) is 72.9 Å². The molecule has 0 aliphatic rings. The van der Waals surface area contributed by atoms with Crippen molar-refractivity contribution in [3.05, 3.63) is 70.9 Å². The number of amides is 1. The molecule has 1 aromatic heterocycles. The molecule has 5 heteroatoms. The first-order chi connectivity index (χ1) is 11.5. The van der Waals surface area contributed by atoms with E-state index in [9.17, 15) is 4.79 Å². The molecule has 2 aromatic carbocycles. The molecular formula is C19H20N4O. The molecule has 1 amide bonds. The predicted molar refractivity (Wildman–Crippen MR) is 94.9 cm³/mol. The van der Waals surface area contributed by atoms with Gasteiger partial charge in [-0.1, -0.05) is 35.4 Å². The van der Waals surface area contributed by atoms with Gasteiger partial charge in [0.15, 0.2) is 5.69 Å².